The third kappa shape index (κ3) is 3.49. The second-order valence-electron chi connectivity index (χ2n) is 4.84. The molecule has 1 aliphatic rings. The van der Waals surface area contributed by atoms with Gasteiger partial charge in [-0.05, 0) is 13.8 Å². The Morgan fingerprint density at radius 3 is 2.90 bits per heavy atom. The van der Waals surface area contributed by atoms with Gasteiger partial charge in [-0.25, -0.2) is 4.98 Å². The molecule has 1 fully saturated rings. The van der Waals surface area contributed by atoms with E-state index in [2.05, 4.69) is 10.3 Å². The number of rotatable bonds is 5. The van der Waals surface area contributed by atoms with Crippen molar-refractivity contribution >= 4 is 34.8 Å². The van der Waals surface area contributed by atoms with Crippen molar-refractivity contribution in [2.24, 2.45) is 5.92 Å². The molecule has 2 rings (SSSR count). The van der Waals surface area contributed by atoms with E-state index in [4.69, 9.17) is 11.6 Å². The van der Waals surface area contributed by atoms with E-state index in [0.29, 0.717) is 36.8 Å². The van der Waals surface area contributed by atoms with Crippen molar-refractivity contribution < 1.29 is 9.59 Å². The van der Waals surface area contributed by atoms with Crippen LogP contribution in [0.5, 0.6) is 0 Å². The molecule has 1 unspecified atom stereocenters. The second-order valence-corrected chi connectivity index (χ2v) is 6.53. The normalized spacial score (nSPS) is 18.6. The summed E-state index contributed by atoms with van der Waals surface area (Å²) in [5.74, 6) is -0.201. The van der Waals surface area contributed by atoms with E-state index in [1.165, 1.54) is 11.3 Å². The summed E-state index contributed by atoms with van der Waals surface area (Å²) in [4.78, 5) is 29.6. The first-order valence-corrected chi connectivity index (χ1v) is 7.88. The Morgan fingerprint density at radius 2 is 2.35 bits per heavy atom. The van der Waals surface area contributed by atoms with Gasteiger partial charge in [0, 0.05) is 32.5 Å². The molecular weight excluding hydrogens is 298 g/mol. The average Bonchev–Trinajstić information content (AvgIpc) is 2.93. The van der Waals surface area contributed by atoms with Gasteiger partial charge in [-0.1, -0.05) is 11.6 Å². The number of aromatic nitrogens is 1. The van der Waals surface area contributed by atoms with Gasteiger partial charge in [0.15, 0.2) is 0 Å². The lowest BCUT2D eigenvalue weighted by Crippen LogP contribution is -2.34. The molecule has 0 aromatic carbocycles. The van der Waals surface area contributed by atoms with E-state index in [0.717, 1.165) is 10.7 Å². The van der Waals surface area contributed by atoms with Gasteiger partial charge >= 0.3 is 0 Å². The summed E-state index contributed by atoms with van der Waals surface area (Å²) in [6.45, 7) is 5.51. The molecule has 0 spiro atoms. The van der Waals surface area contributed by atoms with Gasteiger partial charge in [-0.15, -0.1) is 11.3 Å². The number of halogens is 1. The van der Waals surface area contributed by atoms with Crippen LogP contribution in [0.3, 0.4) is 0 Å². The van der Waals surface area contributed by atoms with Crippen LogP contribution in [-0.2, 0) is 16.0 Å². The zero-order valence-corrected chi connectivity index (χ0v) is 13.2. The number of carbonyl (C=O) groups is 2. The molecular formula is C13H18ClN3O2S. The van der Waals surface area contributed by atoms with Gasteiger partial charge in [-0.3, -0.25) is 9.59 Å². The zero-order valence-electron chi connectivity index (χ0n) is 11.6. The first-order chi connectivity index (χ1) is 9.51. The molecule has 0 radical (unpaired) electrons. The summed E-state index contributed by atoms with van der Waals surface area (Å²) < 4.78 is 0.700. The number of nitrogens with zero attached hydrogens (tertiary/aromatic N) is 2. The molecule has 0 bridgehead atoms. The lowest BCUT2D eigenvalue weighted by Gasteiger charge is -2.13. The molecule has 2 amide bonds. The number of thiazole rings is 1. The minimum Gasteiger partial charge on any atom is -0.355 e. The first kappa shape index (κ1) is 15.3. The van der Waals surface area contributed by atoms with Crippen molar-refractivity contribution in [2.45, 2.75) is 26.7 Å². The van der Waals surface area contributed by atoms with Gasteiger partial charge in [0.1, 0.15) is 4.34 Å². The van der Waals surface area contributed by atoms with Gasteiger partial charge < -0.3 is 10.2 Å². The third-order valence-electron chi connectivity index (χ3n) is 3.39. The van der Waals surface area contributed by atoms with Crippen LogP contribution < -0.4 is 5.32 Å². The highest BCUT2D eigenvalue weighted by atomic mass is 35.5. The maximum Gasteiger partial charge on any atom is 0.225 e. The molecule has 2 heterocycles. The van der Waals surface area contributed by atoms with Crippen LogP contribution >= 0.6 is 22.9 Å². The maximum atomic E-state index is 12.0. The topological polar surface area (TPSA) is 62.3 Å². The Balaban J connectivity index is 1.77. The van der Waals surface area contributed by atoms with E-state index >= 15 is 0 Å². The third-order valence-corrected chi connectivity index (χ3v) is 4.90. The smallest absolute Gasteiger partial charge is 0.225 e. The quantitative estimate of drug-likeness (QED) is 0.898. The molecule has 0 saturated carbocycles. The average molecular weight is 316 g/mol. The van der Waals surface area contributed by atoms with Crippen LogP contribution in [0, 0.1) is 12.8 Å². The van der Waals surface area contributed by atoms with Crippen LogP contribution in [0.4, 0.5) is 0 Å². The summed E-state index contributed by atoms with van der Waals surface area (Å²) >= 11 is 7.39. The van der Waals surface area contributed by atoms with Crippen molar-refractivity contribution in [1.29, 1.82) is 0 Å². The Morgan fingerprint density at radius 1 is 1.60 bits per heavy atom. The van der Waals surface area contributed by atoms with Gasteiger partial charge in [0.2, 0.25) is 11.8 Å². The van der Waals surface area contributed by atoms with Gasteiger partial charge in [0.25, 0.3) is 0 Å². The molecule has 5 nitrogen and oxygen atoms in total. The summed E-state index contributed by atoms with van der Waals surface area (Å²) in [7, 11) is 0. The fourth-order valence-corrected chi connectivity index (χ4v) is 3.32. The van der Waals surface area contributed by atoms with Crippen LogP contribution in [0.25, 0.3) is 0 Å². The maximum absolute atomic E-state index is 12.0. The highest BCUT2D eigenvalue weighted by Gasteiger charge is 2.33. The molecule has 1 N–H and O–H groups in total. The van der Waals surface area contributed by atoms with Crippen molar-refractivity contribution in [1.82, 2.24) is 15.2 Å². The van der Waals surface area contributed by atoms with Crippen molar-refractivity contribution in [3.05, 3.63) is 15.0 Å². The van der Waals surface area contributed by atoms with E-state index in [-0.39, 0.29) is 17.7 Å². The van der Waals surface area contributed by atoms with E-state index < -0.39 is 0 Å². The van der Waals surface area contributed by atoms with Crippen molar-refractivity contribution in [3.63, 3.8) is 0 Å². The van der Waals surface area contributed by atoms with Gasteiger partial charge in [0.05, 0.1) is 16.6 Å². The fourth-order valence-electron chi connectivity index (χ4n) is 2.23. The van der Waals surface area contributed by atoms with Crippen molar-refractivity contribution in [3.8, 4) is 0 Å². The number of nitrogens with one attached hydrogen (secondary N) is 1. The zero-order chi connectivity index (χ0) is 14.7. The largest absolute Gasteiger partial charge is 0.355 e. The Labute approximate surface area is 127 Å². The molecule has 1 aromatic rings. The summed E-state index contributed by atoms with van der Waals surface area (Å²) in [6.07, 6.45) is 0.990. The Hall–Kier alpha value is -1.14. The molecule has 1 aliphatic heterocycles. The fraction of sp³-hybridized carbons (Fsp3) is 0.615. The number of hydrogen-bond donors (Lipinski definition) is 1. The lowest BCUT2D eigenvalue weighted by atomic mass is 10.1. The number of amides is 2. The molecule has 20 heavy (non-hydrogen) atoms. The molecule has 1 saturated heterocycles. The molecule has 110 valence electrons. The van der Waals surface area contributed by atoms with Crippen LogP contribution in [-0.4, -0.2) is 41.3 Å². The molecule has 0 aliphatic carbocycles. The Bertz CT molecular complexity index is 498. The summed E-state index contributed by atoms with van der Waals surface area (Å²) in [6, 6.07) is 0. The highest BCUT2D eigenvalue weighted by molar-refractivity contribution is 7.16. The number of aryl methyl sites for hydroxylation is 1. The summed E-state index contributed by atoms with van der Waals surface area (Å²) in [5.41, 5.74) is 0.831. The van der Waals surface area contributed by atoms with Crippen molar-refractivity contribution in [2.75, 3.05) is 19.6 Å². The molecule has 7 heteroatoms. The second kappa shape index (κ2) is 6.54. The standard InChI is InChI=1S/C13H18ClN3O2S/c1-3-17-7-9(6-11(17)18)13(19)15-5-4-10-16-8(2)12(14)20-10/h9H,3-7H2,1-2H3,(H,15,19). The van der Waals surface area contributed by atoms with Crippen LogP contribution in [0.15, 0.2) is 0 Å². The minimum absolute atomic E-state index is 0.0475. The monoisotopic (exact) mass is 315 g/mol. The predicted molar refractivity (Wildman–Crippen MR) is 78.9 cm³/mol. The first-order valence-electron chi connectivity index (χ1n) is 6.68. The van der Waals surface area contributed by atoms with Crippen LogP contribution in [0.2, 0.25) is 4.34 Å². The molecule has 1 aromatic heterocycles. The number of hydrogen-bond acceptors (Lipinski definition) is 4. The predicted octanol–water partition coefficient (Wildman–Crippen LogP) is 1.63. The number of likely N-dealkylation sites (tertiary alicyclic amines) is 1. The SMILES string of the molecule is CCN1CC(C(=O)NCCc2nc(C)c(Cl)s2)CC1=O. The molecule has 1 atom stereocenters. The van der Waals surface area contributed by atoms with E-state index in [1.54, 1.807) is 4.90 Å². The van der Waals surface area contributed by atoms with Crippen LogP contribution in [0.1, 0.15) is 24.0 Å². The lowest BCUT2D eigenvalue weighted by molar-refractivity contribution is -0.128. The summed E-state index contributed by atoms with van der Waals surface area (Å²) in [5, 5.41) is 3.79. The van der Waals surface area contributed by atoms with E-state index in [1.807, 2.05) is 13.8 Å². The van der Waals surface area contributed by atoms with E-state index in [9.17, 15) is 9.59 Å². The number of carbonyl (C=O) groups excluding carboxylic acids is 2. The minimum atomic E-state index is -0.218. The highest BCUT2D eigenvalue weighted by Crippen LogP contribution is 2.23. The van der Waals surface area contributed by atoms with Gasteiger partial charge in [-0.2, -0.15) is 0 Å². The Kier molecular flexibility index (Phi) is 4.99.